The molecule has 8 nitrogen and oxygen atoms in total. The first-order valence-electron chi connectivity index (χ1n) is 12.3. The van der Waals surface area contributed by atoms with E-state index in [1.54, 1.807) is 24.3 Å². The third-order valence-electron chi connectivity index (χ3n) is 7.26. The van der Waals surface area contributed by atoms with E-state index in [-0.39, 0.29) is 37.1 Å². The van der Waals surface area contributed by atoms with Crippen LogP contribution < -0.4 is 15.4 Å². The largest absolute Gasteiger partial charge is 0.477 e. The molecule has 0 unspecified atom stereocenters. The average molecular weight is 481 g/mol. The first-order chi connectivity index (χ1) is 17.0. The van der Waals surface area contributed by atoms with E-state index in [1.807, 2.05) is 30.3 Å². The van der Waals surface area contributed by atoms with Crippen molar-refractivity contribution < 1.29 is 28.9 Å². The molecule has 3 aliphatic rings. The summed E-state index contributed by atoms with van der Waals surface area (Å²) in [7, 11) is 0. The number of rotatable bonds is 7. The molecule has 2 amide bonds. The Hall–Kier alpha value is -2.94. The molecule has 2 aromatic rings. The van der Waals surface area contributed by atoms with E-state index < -0.39 is 11.2 Å². The molecule has 2 saturated heterocycles. The zero-order chi connectivity index (χ0) is 24.3. The van der Waals surface area contributed by atoms with Gasteiger partial charge in [-0.2, -0.15) is 0 Å². The minimum atomic E-state index is -1.03. The van der Waals surface area contributed by atoms with Gasteiger partial charge in [0, 0.05) is 30.5 Å². The number of para-hydroxylation sites is 1. The van der Waals surface area contributed by atoms with Crippen molar-refractivity contribution >= 4 is 11.8 Å². The van der Waals surface area contributed by atoms with Crippen molar-refractivity contribution in [3.8, 4) is 5.75 Å². The van der Waals surface area contributed by atoms with Gasteiger partial charge in [-0.15, -0.1) is 0 Å². The zero-order valence-electron chi connectivity index (χ0n) is 19.7. The van der Waals surface area contributed by atoms with E-state index in [2.05, 4.69) is 10.6 Å². The highest BCUT2D eigenvalue weighted by molar-refractivity contribution is 5.94. The van der Waals surface area contributed by atoms with Crippen molar-refractivity contribution in [2.45, 2.75) is 55.4 Å². The molecule has 0 radical (unpaired) electrons. The highest BCUT2D eigenvalue weighted by atomic mass is 16.5. The molecule has 5 rings (SSSR count). The van der Waals surface area contributed by atoms with Gasteiger partial charge in [-0.05, 0) is 49.1 Å². The van der Waals surface area contributed by atoms with Crippen LogP contribution in [0.25, 0.3) is 0 Å². The van der Waals surface area contributed by atoms with Crippen molar-refractivity contribution in [3.05, 3.63) is 65.7 Å². The number of carbonyl (C=O) groups excluding carboxylic acids is 2. The number of hydrogen-bond donors (Lipinski definition) is 3. The van der Waals surface area contributed by atoms with E-state index in [4.69, 9.17) is 14.2 Å². The predicted molar refractivity (Wildman–Crippen MR) is 128 cm³/mol. The second-order valence-electron chi connectivity index (χ2n) is 9.72. The minimum absolute atomic E-state index is 0.162. The summed E-state index contributed by atoms with van der Waals surface area (Å²) in [6, 6.07) is 16.0. The van der Waals surface area contributed by atoms with Crippen LogP contribution in [-0.4, -0.2) is 61.0 Å². The summed E-state index contributed by atoms with van der Waals surface area (Å²) in [5.74, 6) is 0.271. The Morgan fingerprint density at radius 1 is 0.914 bits per heavy atom. The van der Waals surface area contributed by atoms with Gasteiger partial charge in [0.25, 0.3) is 11.8 Å². The van der Waals surface area contributed by atoms with Gasteiger partial charge < -0.3 is 30.0 Å². The fourth-order valence-electron chi connectivity index (χ4n) is 5.06. The van der Waals surface area contributed by atoms with E-state index in [1.165, 1.54) is 0 Å². The molecular formula is C27H32N2O6. The molecular weight excluding hydrogens is 448 g/mol. The maximum atomic E-state index is 13.5. The first-order valence-corrected chi connectivity index (χ1v) is 12.3. The standard InChI is InChI=1S/C27H32N2O6/c30-24(19-6-4-7-20(16-19)26(32)17-34-18-26)28-22-10-5-11-23(22)29-25(31)27(12-14-33-15-13-27)35-21-8-2-1-3-9-21/h1-4,6-9,16,22-23,32H,5,10-15,17-18H2,(H,28,30)(H,29,31)/t22-,23-/m1/s1. The van der Waals surface area contributed by atoms with Crippen molar-refractivity contribution in [2.75, 3.05) is 26.4 Å². The van der Waals surface area contributed by atoms with Crippen molar-refractivity contribution in [3.63, 3.8) is 0 Å². The summed E-state index contributed by atoms with van der Waals surface area (Å²) in [6.45, 7) is 1.37. The van der Waals surface area contributed by atoms with Gasteiger partial charge >= 0.3 is 0 Å². The van der Waals surface area contributed by atoms with Crippen LogP contribution in [0.4, 0.5) is 0 Å². The highest BCUT2D eigenvalue weighted by Crippen LogP contribution is 2.31. The van der Waals surface area contributed by atoms with Crippen LogP contribution in [0.2, 0.25) is 0 Å². The number of ether oxygens (including phenoxy) is 3. The fraction of sp³-hybridized carbons (Fsp3) is 0.481. The van der Waals surface area contributed by atoms with Crippen LogP contribution in [0, 0.1) is 0 Å². The highest BCUT2D eigenvalue weighted by Gasteiger charge is 2.45. The summed E-state index contributed by atoms with van der Waals surface area (Å²) in [5, 5.41) is 16.8. The summed E-state index contributed by atoms with van der Waals surface area (Å²) in [4.78, 5) is 26.6. The van der Waals surface area contributed by atoms with E-state index in [9.17, 15) is 14.7 Å². The monoisotopic (exact) mass is 480 g/mol. The molecule has 2 atom stereocenters. The molecule has 2 aliphatic heterocycles. The summed E-state index contributed by atoms with van der Waals surface area (Å²) < 4.78 is 16.9. The van der Waals surface area contributed by atoms with E-state index in [0.29, 0.717) is 42.9 Å². The van der Waals surface area contributed by atoms with Gasteiger partial charge in [-0.25, -0.2) is 0 Å². The molecule has 0 spiro atoms. The smallest absolute Gasteiger partial charge is 0.264 e. The first kappa shape index (κ1) is 23.8. The molecule has 0 bridgehead atoms. The molecule has 2 heterocycles. The zero-order valence-corrected chi connectivity index (χ0v) is 19.7. The van der Waals surface area contributed by atoms with Gasteiger partial charge in [-0.1, -0.05) is 30.3 Å². The maximum Gasteiger partial charge on any atom is 0.264 e. The lowest BCUT2D eigenvalue weighted by atomic mass is 9.91. The lowest BCUT2D eigenvalue weighted by Gasteiger charge is -2.37. The number of hydrogen-bond acceptors (Lipinski definition) is 6. The minimum Gasteiger partial charge on any atom is -0.477 e. The van der Waals surface area contributed by atoms with Gasteiger partial charge in [0.1, 0.15) is 11.4 Å². The Kier molecular flexibility index (Phi) is 6.77. The topological polar surface area (TPSA) is 106 Å². The molecule has 186 valence electrons. The third kappa shape index (κ3) is 5.05. The molecule has 35 heavy (non-hydrogen) atoms. The van der Waals surface area contributed by atoms with Gasteiger partial charge in [0.2, 0.25) is 0 Å². The van der Waals surface area contributed by atoms with Gasteiger partial charge in [0.05, 0.1) is 26.4 Å². The predicted octanol–water partition coefficient (Wildman–Crippen LogP) is 2.30. The van der Waals surface area contributed by atoms with Crippen LogP contribution >= 0.6 is 0 Å². The van der Waals surface area contributed by atoms with Crippen LogP contribution in [0.1, 0.15) is 48.0 Å². The number of benzene rings is 2. The second kappa shape index (κ2) is 9.97. The third-order valence-corrected chi connectivity index (χ3v) is 7.26. The lowest BCUT2D eigenvalue weighted by Crippen LogP contribution is -2.59. The van der Waals surface area contributed by atoms with Crippen LogP contribution in [-0.2, 0) is 19.9 Å². The molecule has 1 saturated carbocycles. The van der Waals surface area contributed by atoms with Gasteiger partial charge in [-0.3, -0.25) is 9.59 Å². The molecule has 0 aromatic heterocycles. The Morgan fingerprint density at radius 3 is 2.31 bits per heavy atom. The Bertz CT molecular complexity index is 1050. The Balaban J connectivity index is 1.26. The SMILES string of the molecule is O=C(N[C@@H]1CCC[C@H]1NC(=O)C1(Oc2ccccc2)CCOCC1)c1cccc(C2(O)COC2)c1. The number of carbonyl (C=O) groups is 2. The normalized spacial score (nSPS) is 24.7. The molecule has 3 N–H and O–H groups in total. The lowest BCUT2D eigenvalue weighted by molar-refractivity contribution is -0.184. The summed E-state index contributed by atoms with van der Waals surface area (Å²) >= 11 is 0. The van der Waals surface area contributed by atoms with Crippen molar-refractivity contribution in [1.82, 2.24) is 10.6 Å². The second-order valence-corrected chi connectivity index (χ2v) is 9.72. The van der Waals surface area contributed by atoms with Crippen molar-refractivity contribution in [1.29, 1.82) is 0 Å². The Morgan fingerprint density at radius 2 is 1.63 bits per heavy atom. The van der Waals surface area contributed by atoms with Crippen LogP contribution in [0.5, 0.6) is 5.75 Å². The molecule has 2 aromatic carbocycles. The van der Waals surface area contributed by atoms with E-state index >= 15 is 0 Å². The number of aliphatic hydroxyl groups is 1. The van der Waals surface area contributed by atoms with Crippen LogP contribution in [0.15, 0.2) is 54.6 Å². The number of amides is 2. The summed E-state index contributed by atoms with van der Waals surface area (Å²) in [6.07, 6.45) is 3.41. The van der Waals surface area contributed by atoms with Crippen LogP contribution in [0.3, 0.4) is 0 Å². The van der Waals surface area contributed by atoms with Gasteiger partial charge in [0.15, 0.2) is 5.60 Å². The molecule has 8 heteroatoms. The quantitative estimate of drug-likeness (QED) is 0.562. The average Bonchev–Trinajstić information content (AvgIpc) is 3.30. The maximum absolute atomic E-state index is 13.5. The number of nitrogens with one attached hydrogen (secondary N) is 2. The summed E-state index contributed by atoms with van der Waals surface area (Å²) in [5.41, 5.74) is -0.872. The fourth-order valence-corrected chi connectivity index (χ4v) is 5.06. The Labute approximate surface area is 205 Å². The van der Waals surface area contributed by atoms with E-state index in [0.717, 1.165) is 19.3 Å². The molecule has 3 fully saturated rings. The van der Waals surface area contributed by atoms with Crippen molar-refractivity contribution in [2.24, 2.45) is 0 Å². The molecule has 1 aliphatic carbocycles.